The van der Waals surface area contributed by atoms with Crippen molar-refractivity contribution in [1.29, 1.82) is 0 Å². The average Bonchev–Trinajstić information content (AvgIpc) is 2.97. The van der Waals surface area contributed by atoms with Gasteiger partial charge in [-0.1, -0.05) is 6.07 Å². The van der Waals surface area contributed by atoms with E-state index in [1.54, 1.807) is 22.7 Å². The van der Waals surface area contributed by atoms with E-state index < -0.39 is 5.25 Å². The normalized spacial score (nSPS) is 12.4. The molecule has 0 spiro atoms. The first-order valence-electron chi connectivity index (χ1n) is 4.87. The van der Waals surface area contributed by atoms with E-state index in [0.29, 0.717) is 6.42 Å². The van der Waals surface area contributed by atoms with Gasteiger partial charge in [-0.15, -0.1) is 22.7 Å². The number of nitrogens with zero attached hydrogens (tertiary/aromatic N) is 1. The highest BCUT2D eigenvalue weighted by Gasteiger charge is 2.15. The van der Waals surface area contributed by atoms with Crippen molar-refractivity contribution in [3.8, 4) is 9.88 Å². The molecule has 1 atom stereocenters. The fourth-order valence-corrected chi connectivity index (χ4v) is 3.21. The predicted molar refractivity (Wildman–Crippen MR) is 74.2 cm³/mol. The van der Waals surface area contributed by atoms with Gasteiger partial charge in [0.25, 0.3) is 0 Å². The molecule has 0 aliphatic rings. The molecular formula is C10H11N3OS3. The van der Waals surface area contributed by atoms with Gasteiger partial charge in [0.15, 0.2) is 0 Å². The van der Waals surface area contributed by atoms with Crippen LogP contribution >= 0.6 is 35.3 Å². The van der Waals surface area contributed by atoms with Crippen molar-refractivity contribution in [3.05, 3.63) is 28.6 Å². The maximum atomic E-state index is 11.2. The zero-order chi connectivity index (χ0) is 12.3. The SMILES string of the molecule is NNC(=O)C(S)Cc1csc(-c2cccs2)n1. The maximum Gasteiger partial charge on any atom is 0.247 e. The quantitative estimate of drug-likeness (QED) is 0.347. The van der Waals surface area contributed by atoms with E-state index in [9.17, 15) is 4.79 Å². The minimum Gasteiger partial charge on any atom is -0.293 e. The molecule has 2 aromatic rings. The molecule has 4 nitrogen and oxygen atoms in total. The van der Waals surface area contributed by atoms with Crippen molar-refractivity contribution in [2.75, 3.05) is 0 Å². The van der Waals surface area contributed by atoms with Gasteiger partial charge in [-0.05, 0) is 11.4 Å². The molecule has 0 bridgehead atoms. The molecule has 0 aliphatic carbocycles. The molecule has 2 heterocycles. The molecular weight excluding hydrogens is 274 g/mol. The molecule has 0 aromatic carbocycles. The highest BCUT2D eigenvalue weighted by molar-refractivity contribution is 7.81. The Morgan fingerprint density at radius 2 is 2.41 bits per heavy atom. The number of thiophene rings is 1. The van der Waals surface area contributed by atoms with Crippen molar-refractivity contribution in [2.24, 2.45) is 5.84 Å². The van der Waals surface area contributed by atoms with Gasteiger partial charge in [-0.3, -0.25) is 10.2 Å². The Bertz CT molecular complexity index is 495. The highest BCUT2D eigenvalue weighted by Crippen LogP contribution is 2.28. The van der Waals surface area contributed by atoms with Gasteiger partial charge in [-0.2, -0.15) is 12.6 Å². The van der Waals surface area contributed by atoms with Gasteiger partial charge in [0.1, 0.15) is 5.01 Å². The van der Waals surface area contributed by atoms with Gasteiger partial charge >= 0.3 is 0 Å². The van der Waals surface area contributed by atoms with Crippen molar-refractivity contribution in [3.63, 3.8) is 0 Å². The van der Waals surface area contributed by atoms with Crippen LogP contribution < -0.4 is 11.3 Å². The van der Waals surface area contributed by atoms with Crippen molar-refractivity contribution in [1.82, 2.24) is 10.4 Å². The summed E-state index contributed by atoms with van der Waals surface area (Å²) in [5.41, 5.74) is 2.94. The van der Waals surface area contributed by atoms with Crippen LogP contribution in [0.15, 0.2) is 22.9 Å². The molecule has 0 saturated heterocycles. The Morgan fingerprint density at radius 3 is 3.06 bits per heavy atom. The van der Waals surface area contributed by atoms with E-state index in [-0.39, 0.29) is 5.91 Å². The number of rotatable bonds is 4. The number of thiol groups is 1. The van der Waals surface area contributed by atoms with Crippen LogP contribution in [-0.2, 0) is 11.2 Å². The van der Waals surface area contributed by atoms with Crippen LogP contribution in [0.1, 0.15) is 5.69 Å². The molecule has 3 N–H and O–H groups in total. The van der Waals surface area contributed by atoms with E-state index in [0.717, 1.165) is 15.6 Å². The predicted octanol–water partition coefficient (Wildman–Crippen LogP) is 1.70. The third kappa shape index (κ3) is 3.06. The molecule has 7 heteroatoms. The smallest absolute Gasteiger partial charge is 0.247 e. The van der Waals surface area contributed by atoms with Crippen LogP contribution in [0, 0.1) is 0 Å². The molecule has 0 fully saturated rings. The zero-order valence-corrected chi connectivity index (χ0v) is 11.3. The molecule has 2 rings (SSSR count). The summed E-state index contributed by atoms with van der Waals surface area (Å²) in [6.07, 6.45) is 0.480. The molecule has 0 aliphatic heterocycles. The monoisotopic (exact) mass is 285 g/mol. The number of hydrazine groups is 1. The summed E-state index contributed by atoms with van der Waals surface area (Å²) >= 11 is 7.40. The van der Waals surface area contributed by atoms with Gasteiger partial charge < -0.3 is 0 Å². The second kappa shape index (κ2) is 5.63. The van der Waals surface area contributed by atoms with E-state index >= 15 is 0 Å². The molecule has 90 valence electrons. The lowest BCUT2D eigenvalue weighted by Gasteiger charge is -2.05. The number of nitrogens with two attached hydrogens (primary N) is 1. The summed E-state index contributed by atoms with van der Waals surface area (Å²) in [4.78, 5) is 16.8. The van der Waals surface area contributed by atoms with Crippen LogP contribution in [0.4, 0.5) is 0 Å². The van der Waals surface area contributed by atoms with Gasteiger partial charge in [0.05, 0.1) is 15.8 Å². The van der Waals surface area contributed by atoms with E-state index in [2.05, 4.69) is 23.0 Å². The lowest BCUT2D eigenvalue weighted by molar-refractivity contribution is -0.120. The number of carbonyl (C=O) groups excluding carboxylic acids is 1. The summed E-state index contributed by atoms with van der Waals surface area (Å²) in [6, 6.07) is 4.02. The molecule has 0 radical (unpaired) electrons. The van der Waals surface area contributed by atoms with E-state index in [1.807, 2.05) is 22.9 Å². The Labute approximate surface area is 112 Å². The first-order valence-corrected chi connectivity index (χ1v) is 7.15. The van der Waals surface area contributed by atoms with Crippen LogP contribution in [0.3, 0.4) is 0 Å². The molecule has 1 amide bonds. The molecule has 1 unspecified atom stereocenters. The van der Waals surface area contributed by atoms with Gasteiger partial charge in [-0.25, -0.2) is 10.8 Å². The molecule has 0 saturated carbocycles. The van der Waals surface area contributed by atoms with Crippen molar-refractivity contribution in [2.45, 2.75) is 11.7 Å². The molecule has 17 heavy (non-hydrogen) atoms. The molecule has 2 aromatic heterocycles. The summed E-state index contributed by atoms with van der Waals surface area (Å²) in [7, 11) is 0. The Kier molecular flexibility index (Phi) is 4.16. The first-order chi connectivity index (χ1) is 8.20. The van der Waals surface area contributed by atoms with Crippen molar-refractivity contribution >= 4 is 41.2 Å². The lowest BCUT2D eigenvalue weighted by atomic mass is 10.2. The van der Waals surface area contributed by atoms with Gasteiger partial charge in [0.2, 0.25) is 5.91 Å². The second-order valence-electron chi connectivity index (χ2n) is 3.35. The Morgan fingerprint density at radius 1 is 1.59 bits per heavy atom. The summed E-state index contributed by atoms with van der Waals surface area (Å²) < 4.78 is 0. The number of amides is 1. The minimum absolute atomic E-state index is 0.293. The number of carbonyl (C=O) groups is 1. The number of hydrogen-bond donors (Lipinski definition) is 3. The van der Waals surface area contributed by atoms with E-state index in [4.69, 9.17) is 5.84 Å². The Balaban J connectivity index is 2.06. The number of thiazole rings is 1. The van der Waals surface area contributed by atoms with Gasteiger partial charge in [0, 0.05) is 11.8 Å². The third-order valence-corrected chi connectivity index (χ3v) is 4.48. The van der Waals surface area contributed by atoms with E-state index in [1.165, 1.54) is 0 Å². The number of hydrogen-bond acceptors (Lipinski definition) is 6. The summed E-state index contributed by atoms with van der Waals surface area (Å²) in [5.74, 6) is 4.75. The fourth-order valence-electron chi connectivity index (χ4n) is 1.30. The topological polar surface area (TPSA) is 68.0 Å². The standard InChI is InChI=1S/C10H11N3OS3/c11-13-9(14)7(15)4-6-5-17-10(12-6)8-2-1-3-16-8/h1-3,5,7,15H,4,11H2,(H,13,14). The Hall–Kier alpha value is -0.890. The first kappa shape index (κ1) is 12.6. The van der Waals surface area contributed by atoms with Crippen LogP contribution in [0.5, 0.6) is 0 Å². The summed E-state index contributed by atoms with van der Waals surface area (Å²) in [6.45, 7) is 0. The van der Waals surface area contributed by atoms with Crippen LogP contribution in [0.2, 0.25) is 0 Å². The number of aromatic nitrogens is 1. The highest BCUT2D eigenvalue weighted by atomic mass is 32.1. The maximum absolute atomic E-state index is 11.2. The van der Waals surface area contributed by atoms with Crippen LogP contribution in [0.25, 0.3) is 9.88 Å². The van der Waals surface area contributed by atoms with Crippen molar-refractivity contribution < 1.29 is 4.79 Å². The fraction of sp³-hybridized carbons (Fsp3) is 0.200. The largest absolute Gasteiger partial charge is 0.293 e. The zero-order valence-electron chi connectivity index (χ0n) is 8.79. The third-order valence-electron chi connectivity index (χ3n) is 2.13. The summed E-state index contributed by atoms with van der Waals surface area (Å²) in [5, 5.41) is 4.48. The second-order valence-corrected chi connectivity index (χ2v) is 5.78. The lowest BCUT2D eigenvalue weighted by Crippen LogP contribution is -2.37. The van der Waals surface area contributed by atoms with Crippen LogP contribution in [-0.4, -0.2) is 16.1 Å². The number of nitrogens with one attached hydrogen (secondary N) is 1. The average molecular weight is 285 g/mol. The minimum atomic E-state index is -0.460.